The molecule has 3 N–H and O–H groups in total. The molecular weight excluding hydrogens is 484 g/mol. The van der Waals surface area contributed by atoms with Crippen molar-refractivity contribution in [2.24, 2.45) is 7.05 Å². The quantitative estimate of drug-likeness (QED) is 0.405. The van der Waals surface area contributed by atoms with Crippen molar-refractivity contribution in [3.63, 3.8) is 0 Å². The highest BCUT2D eigenvalue weighted by atomic mass is 19.1. The first-order chi connectivity index (χ1) is 17.2. The van der Waals surface area contributed by atoms with Crippen molar-refractivity contribution in [1.82, 2.24) is 9.88 Å². The van der Waals surface area contributed by atoms with Crippen LogP contribution in [0.1, 0.15) is 44.5 Å². The molecule has 0 aliphatic rings. The normalized spacial score (nSPS) is 12.1. The number of carbonyl (C=O) groups is 2. The molecule has 0 radical (unpaired) electrons. The number of benzene rings is 2. The van der Waals surface area contributed by atoms with Crippen LogP contribution >= 0.6 is 0 Å². The third-order valence-corrected chi connectivity index (χ3v) is 5.54. The summed E-state index contributed by atoms with van der Waals surface area (Å²) in [6.45, 7) is 6.76. The van der Waals surface area contributed by atoms with E-state index in [-0.39, 0.29) is 17.7 Å². The Labute approximate surface area is 212 Å². The molecule has 2 amide bonds. The monoisotopic (exact) mass is 513 g/mol. The van der Waals surface area contributed by atoms with Gasteiger partial charge in [-0.05, 0) is 51.0 Å². The van der Waals surface area contributed by atoms with E-state index in [1.165, 1.54) is 23.7 Å². The van der Waals surface area contributed by atoms with Crippen molar-refractivity contribution >= 4 is 17.7 Å². The Kier molecular flexibility index (Phi) is 8.00. The zero-order valence-electron chi connectivity index (χ0n) is 21.2. The number of aromatic hydroxyl groups is 1. The van der Waals surface area contributed by atoms with E-state index in [2.05, 4.69) is 10.6 Å². The zero-order valence-corrected chi connectivity index (χ0v) is 21.2. The second-order valence-electron chi connectivity index (χ2n) is 9.60. The lowest BCUT2D eigenvalue weighted by atomic mass is 9.98. The van der Waals surface area contributed by atoms with Gasteiger partial charge in [0.05, 0.1) is 12.5 Å². The molecule has 8 nitrogen and oxygen atoms in total. The molecule has 0 fully saturated rings. The van der Waals surface area contributed by atoms with E-state index < -0.39 is 46.6 Å². The standard InChI is InChI=1S/C27H29F2N3O5/c1-15-12-22(33)24(25(35)32(15)5)31-26(36)30-21(14-23(34)37-27(2,3)4)17-8-6-16(7-9-17)19-11-10-18(28)13-20(19)29/h6-13,21,33H,14H2,1-5H3,(H2,30,31,36). The van der Waals surface area contributed by atoms with Crippen LogP contribution < -0.4 is 16.2 Å². The molecule has 0 spiro atoms. The van der Waals surface area contributed by atoms with Gasteiger partial charge in [0.25, 0.3) is 5.56 Å². The van der Waals surface area contributed by atoms with Crippen LogP contribution in [0.5, 0.6) is 5.75 Å². The van der Waals surface area contributed by atoms with Crippen LogP contribution in [0, 0.1) is 18.6 Å². The number of anilines is 1. The molecule has 37 heavy (non-hydrogen) atoms. The molecule has 1 aromatic heterocycles. The number of urea groups is 1. The van der Waals surface area contributed by atoms with Gasteiger partial charge in [0.15, 0.2) is 5.69 Å². The first-order valence-electron chi connectivity index (χ1n) is 11.5. The summed E-state index contributed by atoms with van der Waals surface area (Å²) < 4.78 is 34.1. The molecular formula is C27H29F2N3O5. The fraction of sp³-hybridized carbons (Fsp3) is 0.296. The number of aryl methyl sites for hydroxylation is 1. The van der Waals surface area contributed by atoms with Crippen molar-refractivity contribution < 1.29 is 28.2 Å². The van der Waals surface area contributed by atoms with Crippen LogP contribution in [-0.2, 0) is 16.6 Å². The largest absolute Gasteiger partial charge is 0.505 e. The van der Waals surface area contributed by atoms with Crippen molar-refractivity contribution in [2.75, 3.05) is 5.32 Å². The maximum Gasteiger partial charge on any atom is 0.319 e. The minimum atomic E-state index is -0.890. The van der Waals surface area contributed by atoms with E-state index in [1.807, 2.05) is 0 Å². The van der Waals surface area contributed by atoms with Crippen molar-refractivity contribution in [3.8, 4) is 16.9 Å². The Hall–Kier alpha value is -4.21. The van der Waals surface area contributed by atoms with Crippen molar-refractivity contribution in [1.29, 1.82) is 0 Å². The smallest absolute Gasteiger partial charge is 0.319 e. The molecule has 3 rings (SSSR count). The Balaban J connectivity index is 1.88. The highest BCUT2D eigenvalue weighted by Crippen LogP contribution is 2.27. The minimum Gasteiger partial charge on any atom is -0.505 e. The summed E-state index contributed by atoms with van der Waals surface area (Å²) in [4.78, 5) is 37.9. The van der Waals surface area contributed by atoms with Gasteiger partial charge in [0.2, 0.25) is 0 Å². The molecule has 196 valence electrons. The predicted molar refractivity (Wildman–Crippen MR) is 135 cm³/mol. The molecule has 1 atom stereocenters. The van der Waals surface area contributed by atoms with Crippen molar-refractivity contribution in [2.45, 2.75) is 45.8 Å². The van der Waals surface area contributed by atoms with Gasteiger partial charge in [-0.1, -0.05) is 24.3 Å². The average Bonchev–Trinajstić information content (AvgIpc) is 2.79. The summed E-state index contributed by atoms with van der Waals surface area (Å²) >= 11 is 0. The van der Waals surface area contributed by atoms with Gasteiger partial charge in [0.1, 0.15) is 23.0 Å². The molecule has 10 heteroatoms. The van der Waals surface area contributed by atoms with Crippen LogP contribution in [0.3, 0.4) is 0 Å². The third-order valence-electron chi connectivity index (χ3n) is 5.54. The van der Waals surface area contributed by atoms with Gasteiger partial charge < -0.3 is 25.0 Å². The number of ether oxygens (including phenoxy) is 1. The summed E-state index contributed by atoms with van der Waals surface area (Å²) in [5.74, 6) is -2.40. The Morgan fingerprint density at radius 1 is 1.08 bits per heavy atom. The molecule has 0 saturated heterocycles. The van der Waals surface area contributed by atoms with E-state index >= 15 is 0 Å². The number of esters is 1. The first-order valence-corrected chi connectivity index (χ1v) is 11.5. The summed E-state index contributed by atoms with van der Waals surface area (Å²) in [5.41, 5.74) is -0.0378. The maximum atomic E-state index is 14.2. The van der Waals surface area contributed by atoms with Crippen LogP contribution in [0.2, 0.25) is 0 Å². The summed E-state index contributed by atoms with van der Waals surface area (Å²) in [6, 6.07) is 9.20. The SMILES string of the molecule is Cc1cc(O)c(NC(=O)NC(CC(=O)OC(C)(C)C)c2ccc(-c3ccc(F)cc3F)cc2)c(=O)n1C. The number of hydrogen-bond donors (Lipinski definition) is 3. The number of pyridine rings is 1. The topological polar surface area (TPSA) is 110 Å². The molecule has 2 aromatic carbocycles. The van der Waals surface area contributed by atoms with Crippen LogP contribution in [-0.4, -0.2) is 27.3 Å². The summed E-state index contributed by atoms with van der Waals surface area (Å²) in [5, 5.41) is 15.1. The van der Waals surface area contributed by atoms with Crippen molar-refractivity contribution in [3.05, 3.63) is 81.8 Å². The Morgan fingerprint density at radius 2 is 1.73 bits per heavy atom. The lowest BCUT2D eigenvalue weighted by Crippen LogP contribution is -2.37. The molecule has 0 aliphatic carbocycles. The van der Waals surface area contributed by atoms with E-state index in [9.17, 15) is 28.3 Å². The van der Waals surface area contributed by atoms with E-state index in [0.29, 0.717) is 16.8 Å². The predicted octanol–water partition coefficient (Wildman–Crippen LogP) is 4.94. The number of halogens is 2. The second kappa shape index (κ2) is 10.8. The van der Waals surface area contributed by atoms with Gasteiger partial charge >= 0.3 is 12.0 Å². The molecule has 1 heterocycles. The molecule has 1 unspecified atom stereocenters. The first kappa shape index (κ1) is 27.4. The number of aromatic nitrogens is 1. The van der Waals surface area contributed by atoms with Gasteiger partial charge in [-0.25, -0.2) is 13.6 Å². The Morgan fingerprint density at radius 3 is 2.32 bits per heavy atom. The van der Waals surface area contributed by atoms with Gasteiger partial charge in [-0.3, -0.25) is 9.59 Å². The third kappa shape index (κ3) is 6.93. The number of rotatable bonds is 6. The fourth-order valence-corrected chi connectivity index (χ4v) is 3.65. The summed E-state index contributed by atoms with van der Waals surface area (Å²) in [7, 11) is 1.50. The number of hydrogen-bond acceptors (Lipinski definition) is 5. The number of nitrogens with one attached hydrogen (secondary N) is 2. The number of carbonyl (C=O) groups excluding carboxylic acids is 2. The van der Waals surface area contributed by atoms with E-state index in [0.717, 1.165) is 12.1 Å². The minimum absolute atomic E-state index is 0.188. The van der Waals surface area contributed by atoms with Crippen LogP contribution in [0.25, 0.3) is 11.1 Å². The maximum absolute atomic E-state index is 14.2. The van der Waals surface area contributed by atoms with E-state index in [4.69, 9.17) is 4.74 Å². The Bertz CT molecular complexity index is 1380. The number of amides is 2. The lowest BCUT2D eigenvalue weighted by Gasteiger charge is -2.23. The van der Waals surface area contributed by atoms with Gasteiger partial charge in [-0.2, -0.15) is 0 Å². The molecule has 3 aromatic rings. The van der Waals surface area contributed by atoms with Crippen LogP contribution in [0.4, 0.5) is 19.3 Å². The van der Waals surface area contributed by atoms with Gasteiger partial charge in [0, 0.05) is 30.4 Å². The van der Waals surface area contributed by atoms with Gasteiger partial charge in [-0.15, -0.1) is 0 Å². The van der Waals surface area contributed by atoms with Crippen LogP contribution in [0.15, 0.2) is 53.3 Å². The highest BCUT2D eigenvalue weighted by Gasteiger charge is 2.24. The summed E-state index contributed by atoms with van der Waals surface area (Å²) in [6.07, 6.45) is -0.243. The molecule has 0 aliphatic heterocycles. The van der Waals surface area contributed by atoms with E-state index in [1.54, 1.807) is 52.0 Å². The number of nitrogens with zero attached hydrogens (tertiary/aromatic N) is 1. The molecule has 0 bridgehead atoms. The molecule has 0 saturated carbocycles. The average molecular weight is 514 g/mol. The second-order valence-corrected chi connectivity index (χ2v) is 9.60. The lowest BCUT2D eigenvalue weighted by molar-refractivity contribution is -0.155. The zero-order chi connectivity index (χ0) is 27.5. The fourth-order valence-electron chi connectivity index (χ4n) is 3.65. The highest BCUT2D eigenvalue weighted by molar-refractivity contribution is 5.91.